The Balaban J connectivity index is 1.51. The van der Waals surface area contributed by atoms with E-state index >= 15 is 0 Å². The summed E-state index contributed by atoms with van der Waals surface area (Å²) in [6.07, 6.45) is 1.75. The Labute approximate surface area is 211 Å². The molecule has 5 rings (SSSR count). The summed E-state index contributed by atoms with van der Waals surface area (Å²) in [6.45, 7) is 10.2. The average molecular weight is 486 g/mol. The van der Waals surface area contributed by atoms with Gasteiger partial charge in [0.15, 0.2) is 14.7 Å². The number of ether oxygens (including phenoxy) is 1. The summed E-state index contributed by atoms with van der Waals surface area (Å²) in [6, 6.07) is 25.4. The number of Topliss-reactive ketones (excluding diaryl/α,β-unsaturated/α-hetero) is 1. The maximum Gasteiger partial charge on any atom is 0.318 e. The van der Waals surface area contributed by atoms with Crippen LogP contribution in [0.25, 0.3) is 0 Å². The minimum absolute atomic E-state index is 0.198. The molecule has 180 valence electrons. The van der Waals surface area contributed by atoms with Crippen LogP contribution in [0.3, 0.4) is 0 Å². The van der Waals surface area contributed by atoms with Gasteiger partial charge in [0.1, 0.15) is 11.5 Å². The Morgan fingerprint density at radius 2 is 1.31 bits per heavy atom. The van der Waals surface area contributed by atoms with Gasteiger partial charge in [-0.05, 0) is 67.5 Å². The number of rotatable bonds is 5. The van der Waals surface area contributed by atoms with Gasteiger partial charge >= 0.3 is 5.97 Å². The van der Waals surface area contributed by atoms with Gasteiger partial charge in [0.05, 0.1) is 16.3 Å². The highest BCUT2D eigenvalue weighted by Crippen LogP contribution is 2.70. The first-order chi connectivity index (χ1) is 16.6. The number of carbonyl (C=O) groups excluding carboxylic acids is 2. The lowest BCUT2D eigenvalue weighted by atomic mass is 9.65. The van der Waals surface area contributed by atoms with E-state index in [0.717, 1.165) is 17.5 Å². The zero-order chi connectivity index (χ0) is 25.0. The molecule has 0 N–H and O–H groups in total. The van der Waals surface area contributed by atoms with E-state index in [4.69, 9.17) is 4.74 Å². The van der Waals surface area contributed by atoms with E-state index in [1.165, 1.54) is 14.7 Å². The van der Waals surface area contributed by atoms with E-state index in [9.17, 15) is 9.59 Å². The van der Waals surface area contributed by atoms with Crippen molar-refractivity contribution in [3.8, 4) is 5.75 Å². The highest BCUT2D eigenvalue weighted by molar-refractivity contribution is 7.97. The Hall–Kier alpha value is -2.85. The van der Waals surface area contributed by atoms with Gasteiger partial charge in [-0.2, -0.15) is 0 Å². The highest BCUT2D eigenvalue weighted by atomic mass is 32.2. The average Bonchev–Trinajstić information content (AvgIpc) is 3.13. The highest BCUT2D eigenvalue weighted by Gasteiger charge is 2.73. The van der Waals surface area contributed by atoms with Gasteiger partial charge in [-0.15, -0.1) is 0 Å². The van der Waals surface area contributed by atoms with Gasteiger partial charge in [0.25, 0.3) is 0 Å². The van der Waals surface area contributed by atoms with Crippen LogP contribution in [0.1, 0.15) is 51.2 Å². The number of ketones is 1. The molecule has 3 aromatic rings. The van der Waals surface area contributed by atoms with Gasteiger partial charge < -0.3 is 4.74 Å². The molecule has 35 heavy (non-hydrogen) atoms. The summed E-state index contributed by atoms with van der Waals surface area (Å²) < 4.78 is 6.17. The number of carbonyl (C=O) groups is 2. The molecule has 2 bridgehead atoms. The quantitative estimate of drug-likeness (QED) is 0.220. The van der Waals surface area contributed by atoms with Crippen LogP contribution in [-0.4, -0.2) is 11.8 Å². The van der Waals surface area contributed by atoms with Gasteiger partial charge in [-0.1, -0.05) is 57.2 Å². The van der Waals surface area contributed by atoms with Crippen LogP contribution in [0.4, 0.5) is 0 Å². The first kappa shape index (κ1) is 23.9. The van der Waals surface area contributed by atoms with Crippen molar-refractivity contribution in [1.82, 2.24) is 0 Å². The molecule has 0 aromatic heterocycles. The second kappa shape index (κ2) is 8.37. The zero-order valence-electron chi connectivity index (χ0n) is 21.2. The summed E-state index contributed by atoms with van der Waals surface area (Å²) in [5.74, 6) is 0.576. The molecule has 3 nitrogen and oxygen atoms in total. The van der Waals surface area contributed by atoms with Crippen LogP contribution in [0, 0.1) is 30.1 Å². The van der Waals surface area contributed by atoms with Crippen molar-refractivity contribution in [3.05, 3.63) is 83.9 Å². The molecule has 2 saturated carbocycles. The fourth-order valence-corrected chi connectivity index (χ4v) is 8.48. The van der Waals surface area contributed by atoms with Crippen molar-refractivity contribution in [2.75, 3.05) is 0 Å². The van der Waals surface area contributed by atoms with E-state index in [1.54, 1.807) is 0 Å². The van der Waals surface area contributed by atoms with Crippen LogP contribution >= 0.6 is 0 Å². The van der Waals surface area contributed by atoms with E-state index in [0.29, 0.717) is 12.2 Å². The molecule has 0 saturated heterocycles. The topological polar surface area (TPSA) is 43.4 Å². The van der Waals surface area contributed by atoms with Gasteiger partial charge in [-0.3, -0.25) is 9.59 Å². The summed E-state index contributed by atoms with van der Waals surface area (Å²) in [4.78, 5) is 30.2. The third kappa shape index (κ3) is 3.48. The summed E-state index contributed by atoms with van der Waals surface area (Å²) in [7, 11) is -0.269. The monoisotopic (exact) mass is 485 g/mol. The lowest BCUT2D eigenvalue weighted by Gasteiger charge is -2.38. The summed E-state index contributed by atoms with van der Waals surface area (Å²) in [5, 5.41) is 0. The molecular formula is C31H33O3S+. The smallest absolute Gasteiger partial charge is 0.318 e. The second-order valence-corrected chi connectivity index (χ2v) is 12.9. The van der Waals surface area contributed by atoms with Gasteiger partial charge in [-0.25, -0.2) is 0 Å². The van der Waals surface area contributed by atoms with Crippen molar-refractivity contribution < 1.29 is 14.3 Å². The van der Waals surface area contributed by atoms with E-state index in [-0.39, 0.29) is 29.1 Å². The molecule has 0 amide bonds. The fourth-order valence-electron chi connectivity index (χ4n) is 6.21. The fraction of sp³-hybridized carbons (Fsp3) is 0.355. The normalized spacial score (nSPS) is 24.7. The largest absolute Gasteiger partial charge is 0.426 e. The molecule has 2 aliphatic rings. The van der Waals surface area contributed by atoms with E-state index < -0.39 is 16.2 Å². The maximum absolute atomic E-state index is 13.7. The van der Waals surface area contributed by atoms with Crippen LogP contribution in [0.2, 0.25) is 0 Å². The standard InChI is InChI=1S/C31H33O3S/c1-21-18-25(35(23-12-8-6-9-13-23)24-14-10-7-11-15-24)19-22(2)27(21)34-28(33)31-17-16-30(5,26(32)20-31)29(31,3)4/h6-15,18-19H,16-17,20H2,1-5H3/q+1. The van der Waals surface area contributed by atoms with Crippen molar-refractivity contribution >= 4 is 22.6 Å². The van der Waals surface area contributed by atoms with Crippen LogP contribution in [0.5, 0.6) is 5.75 Å². The van der Waals surface area contributed by atoms with Crippen LogP contribution in [0.15, 0.2) is 87.5 Å². The number of fused-ring (bicyclic) bond motifs is 2. The molecule has 2 unspecified atom stereocenters. The predicted molar refractivity (Wildman–Crippen MR) is 140 cm³/mol. The minimum Gasteiger partial charge on any atom is -0.426 e. The molecule has 0 spiro atoms. The Morgan fingerprint density at radius 1 is 0.800 bits per heavy atom. The van der Waals surface area contributed by atoms with E-state index in [1.807, 2.05) is 32.9 Å². The molecule has 4 heteroatoms. The molecule has 0 radical (unpaired) electrons. The predicted octanol–water partition coefficient (Wildman–Crippen LogP) is 7.09. The van der Waals surface area contributed by atoms with Crippen molar-refractivity contribution in [2.45, 2.75) is 68.6 Å². The number of esters is 1. The van der Waals surface area contributed by atoms with E-state index in [2.05, 4.69) is 74.5 Å². The third-order valence-electron chi connectivity index (χ3n) is 8.92. The number of hydrogen-bond donors (Lipinski definition) is 0. The molecule has 2 aliphatic carbocycles. The lowest BCUT2D eigenvalue weighted by Crippen LogP contribution is -2.42. The number of benzene rings is 3. The SMILES string of the molecule is Cc1cc([S+](c2ccccc2)c2ccccc2)cc(C)c1OC(=O)C12CCC(C)(C(=O)C1)C2(C)C. The molecule has 2 fully saturated rings. The lowest BCUT2D eigenvalue weighted by molar-refractivity contribution is -0.151. The first-order valence-corrected chi connectivity index (χ1v) is 13.5. The van der Waals surface area contributed by atoms with Crippen molar-refractivity contribution in [1.29, 1.82) is 0 Å². The molecule has 2 atom stereocenters. The van der Waals surface area contributed by atoms with Crippen LogP contribution in [-0.2, 0) is 20.5 Å². The first-order valence-electron chi connectivity index (χ1n) is 12.3. The Bertz CT molecular complexity index is 1230. The number of hydrogen-bond acceptors (Lipinski definition) is 3. The Morgan fingerprint density at radius 3 is 1.74 bits per heavy atom. The minimum atomic E-state index is -0.741. The molecule has 0 aliphatic heterocycles. The second-order valence-electron chi connectivity index (χ2n) is 10.8. The molecule has 0 heterocycles. The third-order valence-corrected chi connectivity index (χ3v) is 11.1. The van der Waals surface area contributed by atoms with Gasteiger partial charge in [0, 0.05) is 24.0 Å². The maximum atomic E-state index is 13.7. The van der Waals surface area contributed by atoms with Crippen molar-refractivity contribution in [3.63, 3.8) is 0 Å². The van der Waals surface area contributed by atoms with Crippen LogP contribution < -0.4 is 4.74 Å². The molecule has 3 aromatic carbocycles. The summed E-state index contributed by atoms with van der Waals surface area (Å²) in [5.41, 5.74) is 0.284. The number of aryl methyl sites for hydroxylation is 2. The Kier molecular flexibility index (Phi) is 5.71. The summed E-state index contributed by atoms with van der Waals surface area (Å²) >= 11 is 0. The molecular weight excluding hydrogens is 452 g/mol. The van der Waals surface area contributed by atoms with Crippen molar-refractivity contribution in [2.24, 2.45) is 16.2 Å². The zero-order valence-corrected chi connectivity index (χ0v) is 22.0. The van der Waals surface area contributed by atoms with Gasteiger partial charge in [0.2, 0.25) is 0 Å².